The van der Waals surface area contributed by atoms with Crippen LogP contribution in [0.15, 0.2) is 36.7 Å². The first kappa shape index (κ1) is 88.5. The molecule has 92 heavy (non-hydrogen) atoms. The average molecular weight is 1330 g/mol. The van der Waals surface area contributed by atoms with E-state index in [0.29, 0.717) is 241 Å². The smallest absolute Gasteiger partial charge is 0.337 e. The number of carbonyl (C=O) groups is 5. The van der Waals surface area contributed by atoms with Crippen LogP contribution >= 0.6 is 0 Å². The Balaban J connectivity index is 0. The molecule has 1 amide bonds. The van der Waals surface area contributed by atoms with Crippen LogP contribution in [0.2, 0.25) is 0 Å². The average Bonchev–Trinajstić information content (AvgIpc) is 1.74. The number of esters is 1. The zero-order valence-corrected chi connectivity index (χ0v) is 54.3. The van der Waals surface area contributed by atoms with Gasteiger partial charge >= 0.3 is 23.9 Å². The van der Waals surface area contributed by atoms with Crippen LogP contribution in [0.4, 0.5) is 11.6 Å². The number of nitrogens with one attached hydrogen (secondary N) is 3. The van der Waals surface area contributed by atoms with E-state index >= 15 is 0 Å². The van der Waals surface area contributed by atoms with Crippen LogP contribution in [-0.2, 0) is 94.9 Å². The summed E-state index contributed by atoms with van der Waals surface area (Å²) in [7, 11) is 4.83. The third-order valence-corrected chi connectivity index (χ3v) is 10.9. The predicted octanol–water partition coefficient (Wildman–Crippen LogP) is 0.450. The number of methoxy groups -OCH3 is 1. The zero-order chi connectivity index (χ0) is 67.9. The van der Waals surface area contributed by atoms with Gasteiger partial charge in [0.25, 0.3) is 5.91 Å². The Morgan fingerprint density at radius 1 is 0.413 bits per heavy atom. The van der Waals surface area contributed by atoms with Crippen LogP contribution in [0.3, 0.4) is 0 Å². The van der Waals surface area contributed by atoms with E-state index in [4.69, 9.17) is 108 Å². The summed E-state index contributed by atoms with van der Waals surface area (Å²) in [6.07, 6.45) is 5.28. The molecule has 534 valence electrons. The number of unbranched alkanes of at least 4 members (excludes halogenated alkanes) is 1. The molecular formula is C59H108N8O25. The minimum Gasteiger partial charge on any atom is -0.481 e. The van der Waals surface area contributed by atoms with Gasteiger partial charge in [0, 0.05) is 39.6 Å². The summed E-state index contributed by atoms with van der Waals surface area (Å²) in [5.74, 6) is -1.87. The van der Waals surface area contributed by atoms with Gasteiger partial charge in [-0.15, -0.1) is 0 Å². The van der Waals surface area contributed by atoms with E-state index < -0.39 is 23.9 Å². The molecule has 0 aromatic carbocycles. The lowest BCUT2D eigenvalue weighted by atomic mass is 10.1. The third kappa shape index (κ3) is 66.0. The van der Waals surface area contributed by atoms with Crippen molar-refractivity contribution in [2.24, 2.45) is 17.2 Å². The second-order valence-electron chi connectivity index (χ2n) is 18.2. The maximum atomic E-state index is 12.0. The Morgan fingerprint density at radius 2 is 0.707 bits per heavy atom. The van der Waals surface area contributed by atoms with E-state index in [9.17, 15) is 24.0 Å². The predicted molar refractivity (Wildman–Crippen MR) is 336 cm³/mol. The zero-order valence-electron chi connectivity index (χ0n) is 54.3. The number of aliphatic carboxylic acids is 2. The van der Waals surface area contributed by atoms with Crippen molar-refractivity contribution in [3.8, 4) is 0 Å². The highest BCUT2D eigenvalue weighted by molar-refractivity contribution is 5.94. The summed E-state index contributed by atoms with van der Waals surface area (Å²) in [5, 5.41) is 33.9. The highest BCUT2D eigenvalue weighted by Gasteiger charge is 2.12. The quantitative estimate of drug-likeness (QED) is 0.0321. The van der Waals surface area contributed by atoms with E-state index in [-0.39, 0.29) is 43.5 Å². The first-order valence-electron chi connectivity index (χ1n) is 30.6. The summed E-state index contributed by atoms with van der Waals surface area (Å²) >= 11 is 0. The molecule has 0 saturated carbocycles. The van der Waals surface area contributed by atoms with Crippen molar-refractivity contribution in [3.63, 3.8) is 0 Å². The number of amides is 1. The van der Waals surface area contributed by atoms with Crippen LogP contribution < -0.4 is 33.2 Å². The van der Waals surface area contributed by atoms with Crippen molar-refractivity contribution < 1.29 is 120 Å². The van der Waals surface area contributed by atoms with Crippen molar-refractivity contribution in [2.75, 3.05) is 263 Å². The molecular weight excluding hydrogens is 1220 g/mol. The molecule has 0 aliphatic heterocycles. The number of aromatic nitrogens is 2. The fourth-order valence-corrected chi connectivity index (χ4v) is 6.15. The highest BCUT2D eigenvalue weighted by atomic mass is 16.6. The Morgan fingerprint density at radius 3 is 0.957 bits per heavy atom. The summed E-state index contributed by atoms with van der Waals surface area (Å²) in [5.41, 5.74) is 16.7. The highest BCUT2D eigenvalue weighted by Crippen LogP contribution is 2.05. The fourth-order valence-electron chi connectivity index (χ4n) is 6.15. The number of pyridine rings is 2. The van der Waals surface area contributed by atoms with Crippen molar-refractivity contribution in [1.82, 2.24) is 15.3 Å². The normalized spacial score (nSPS) is 11.1. The number of hydrogen-bond donors (Lipinski definition) is 9. The number of anilines is 2. The molecule has 1 unspecified atom stereocenters. The monoisotopic (exact) mass is 1330 g/mol. The van der Waals surface area contributed by atoms with Crippen molar-refractivity contribution in [1.29, 1.82) is 0 Å². The van der Waals surface area contributed by atoms with Crippen molar-refractivity contribution >= 4 is 41.4 Å². The Hall–Kier alpha value is -5.51. The molecule has 0 bridgehead atoms. The second-order valence-corrected chi connectivity index (χ2v) is 18.2. The summed E-state index contributed by atoms with van der Waals surface area (Å²) in [6, 6.07) is 6.09. The van der Waals surface area contributed by atoms with Gasteiger partial charge in [0.15, 0.2) is 0 Å². The molecule has 12 N–H and O–H groups in total. The van der Waals surface area contributed by atoms with Gasteiger partial charge in [0.05, 0.1) is 242 Å². The standard InChI is InChI=1S/C26H45N3O11.C19H39NO10.C7H8N2O2.C7H16N2O2/c1-27-24-3-2-23(22-29-24)26(32)28-5-7-34-9-11-36-13-15-38-17-19-40-21-20-39-18-16-37-14-12-35-10-8-33-6-4-25(30)31;20-2-4-24-6-8-26-10-12-28-14-16-30-18-17-29-15-13-27-11-9-25-7-5-23-3-1-19(21)22;1-8-6-3-2-5(4-9-6)7(10)11;1-11-7(10)6(9)4-2-3-5-8/h2-3,22H,4-21H2,1H3,(H,27,29)(H,28,32)(H,30,31);1-18,20H2,(H,21,22);2-4H,1H3,(H,8,9)(H,10,11);6H,2-5,8-9H2,1H3. The number of ether oxygens (including phenoxy) is 17. The molecule has 1 atom stereocenters. The molecule has 0 aliphatic carbocycles. The lowest BCUT2D eigenvalue weighted by molar-refractivity contribution is -0.142. The van der Waals surface area contributed by atoms with Crippen molar-refractivity contribution in [3.05, 3.63) is 47.8 Å². The first-order valence-corrected chi connectivity index (χ1v) is 30.6. The van der Waals surface area contributed by atoms with E-state index in [1.807, 2.05) is 0 Å². The lowest BCUT2D eigenvalue weighted by Gasteiger charge is -2.09. The van der Waals surface area contributed by atoms with E-state index in [1.165, 1.54) is 25.6 Å². The molecule has 33 heteroatoms. The summed E-state index contributed by atoms with van der Waals surface area (Å²) in [6.45, 7) is 16.1. The first-order chi connectivity index (χ1) is 44.9. The number of nitrogens with zero attached hydrogens (tertiary/aromatic N) is 2. The van der Waals surface area contributed by atoms with Crippen molar-refractivity contribution in [2.45, 2.75) is 38.1 Å². The van der Waals surface area contributed by atoms with Crippen LogP contribution in [0.5, 0.6) is 0 Å². The lowest BCUT2D eigenvalue weighted by Crippen LogP contribution is -2.31. The van der Waals surface area contributed by atoms with E-state index in [2.05, 4.69) is 30.7 Å². The molecule has 0 radical (unpaired) electrons. The number of rotatable bonds is 62. The van der Waals surface area contributed by atoms with Gasteiger partial charge in [-0.3, -0.25) is 19.2 Å². The SMILES string of the molecule is CNc1ccc(C(=O)NCCOCCOCCOCCOCCOCCOCCOCCOCCC(=O)O)cn1.CNc1ccc(C(=O)O)cn1.COC(=O)C(N)CCCCN.NCCOCCOCCOCCOCCOCCOCCOCCOCCC(=O)O. The second kappa shape index (κ2) is 71.3. The number of carboxylic acid groups (broad SMARTS) is 3. The van der Waals surface area contributed by atoms with Gasteiger partial charge < -0.3 is 129 Å². The fraction of sp³-hybridized carbons (Fsp3) is 0.746. The minimum atomic E-state index is -0.958. The topological polar surface area (TPSA) is 443 Å². The Kier molecular flexibility index (Phi) is 68.7. The maximum Gasteiger partial charge on any atom is 0.337 e. The molecule has 2 heterocycles. The number of nitrogens with two attached hydrogens (primary N) is 3. The molecule has 2 rings (SSSR count). The third-order valence-electron chi connectivity index (χ3n) is 10.9. The largest absolute Gasteiger partial charge is 0.481 e. The van der Waals surface area contributed by atoms with E-state index in [1.54, 1.807) is 32.3 Å². The van der Waals surface area contributed by atoms with Gasteiger partial charge in [0.1, 0.15) is 17.7 Å². The van der Waals surface area contributed by atoms with Crippen LogP contribution in [-0.4, -0.2) is 313 Å². The molecule has 0 saturated heterocycles. The number of carbonyl (C=O) groups excluding carboxylic acids is 2. The molecule has 0 fully saturated rings. The Bertz CT molecular complexity index is 1960. The molecule has 2 aromatic heterocycles. The van der Waals surface area contributed by atoms with Gasteiger partial charge in [-0.1, -0.05) is 6.42 Å². The molecule has 33 nitrogen and oxygen atoms in total. The molecule has 0 aliphatic rings. The summed E-state index contributed by atoms with van der Waals surface area (Å²) < 4.78 is 89.8. The maximum absolute atomic E-state index is 12.0. The van der Waals surface area contributed by atoms with Gasteiger partial charge in [-0.25, -0.2) is 14.8 Å². The molecule has 2 aromatic rings. The molecule has 0 spiro atoms. The Labute approximate surface area is 541 Å². The van der Waals surface area contributed by atoms with E-state index in [0.717, 1.165) is 12.8 Å². The number of hydrogen-bond acceptors (Lipinski definition) is 29. The van der Waals surface area contributed by atoms with Crippen LogP contribution in [0.25, 0.3) is 0 Å². The summed E-state index contributed by atoms with van der Waals surface area (Å²) in [4.78, 5) is 61.6. The number of aromatic carboxylic acids is 1. The van der Waals surface area contributed by atoms with Crippen LogP contribution in [0.1, 0.15) is 52.8 Å². The van der Waals surface area contributed by atoms with Crippen LogP contribution in [0, 0.1) is 0 Å². The van der Waals surface area contributed by atoms with Gasteiger partial charge in [0.2, 0.25) is 0 Å². The van der Waals surface area contributed by atoms with Gasteiger partial charge in [-0.2, -0.15) is 0 Å². The minimum absolute atomic E-state index is 0.00437. The number of carboxylic acids is 3. The van der Waals surface area contributed by atoms with Gasteiger partial charge in [-0.05, 0) is 43.7 Å².